The van der Waals surface area contributed by atoms with Crippen molar-refractivity contribution in [2.75, 3.05) is 10.6 Å². The molecule has 30 heavy (non-hydrogen) atoms. The summed E-state index contributed by atoms with van der Waals surface area (Å²) in [7, 11) is 0. The van der Waals surface area contributed by atoms with Crippen molar-refractivity contribution in [3.8, 4) is 0 Å². The molecule has 2 heterocycles. The highest BCUT2D eigenvalue weighted by Gasteiger charge is 2.32. The third-order valence-corrected chi connectivity index (χ3v) is 4.46. The third kappa shape index (κ3) is 5.12. The fraction of sp³-hybridized carbons (Fsp3) is 0.400. The predicted octanol–water partition coefficient (Wildman–Crippen LogP) is 4.33. The molecule has 1 unspecified atom stereocenters. The number of rotatable bonds is 6. The second-order valence-electron chi connectivity index (χ2n) is 7.20. The Kier molecular flexibility index (Phi) is 6.35. The maximum atomic E-state index is 13.0. The van der Waals surface area contributed by atoms with Crippen LogP contribution in [0.2, 0.25) is 0 Å². The minimum absolute atomic E-state index is 0.0238. The molecule has 1 atom stereocenters. The molecule has 0 spiro atoms. The summed E-state index contributed by atoms with van der Waals surface area (Å²) < 4.78 is 38.9. The number of hydrogen-bond donors (Lipinski definition) is 3. The van der Waals surface area contributed by atoms with E-state index < -0.39 is 18.0 Å². The van der Waals surface area contributed by atoms with Crippen molar-refractivity contribution in [3.63, 3.8) is 0 Å². The molecule has 0 bridgehead atoms. The van der Waals surface area contributed by atoms with Gasteiger partial charge < -0.3 is 15.7 Å². The van der Waals surface area contributed by atoms with Crippen molar-refractivity contribution in [2.45, 2.75) is 51.4 Å². The minimum Gasteiger partial charge on any atom is -0.388 e. The topological polar surface area (TPSA) is 95.9 Å². The highest BCUT2D eigenvalue weighted by molar-refractivity contribution is 5.70. The van der Waals surface area contributed by atoms with E-state index in [0.717, 1.165) is 24.3 Å². The first-order chi connectivity index (χ1) is 14.2. The molecule has 7 nitrogen and oxygen atoms in total. The van der Waals surface area contributed by atoms with Gasteiger partial charge in [-0.1, -0.05) is 12.7 Å². The summed E-state index contributed by atoms with van der Waals surface area (Å²) in [5.41, 5.74) is 0.518. The van der Waals surface area contributed by atoms with E-state index in [1.165, 1.54) is 6.07 Å². The molecule has 0 aliphatic heterocycles. The van der Waals surface area contributed by atoms with Crippen LogP contribution in [-0.4, -0.2) is 37.2 Å². The van der Waals surface area contributed by atoms with E-state index in [4.69, 9.17) is 0 Å². The third-order valence-electron chi connectivity index (χ3n) is 4.46. The number of aliphatic hydroxyl groups excluding tert-OH is 1. The number of anilines is 3. The average molecular weight is 420 g/mol. The summed E-state index contributed by atoms with van der Waals surface area (Å²) >= 11 is 0. The van der Waals surface area contributed by atoms with Gasteiger partial charge in [-0.3, -0.25) is 4.98 Å². The maximum absolute atomic E-state index is 13.0. The Morgan fingerprint density at radius 1 is 1.23 bits per heavy atom. The first-order valence-corrected chi connectivity index (χ1v) is 9.54. The lowest BCUT2D eigenvalue weighted by Crippen LogP contribution is -2.19. The second-order valence-corrected chi connectivity index (χ2v) is 7.20. The van der Waals surface area contributed by atoms with Crippen molar-refractivity contribution >= 4 is 23.2 Å². The number of allylic oxidation sites excluding steroid dienone is 1. The first-order valence-electron chi connectivity index (χ1n) is 9.54. The molecule has 0 fully saturated rings. The SMILES string of the molecule is C=CC1=C(c2nc(Nc3ccnc(C(F)(F)F)c3)nc(NC(C)C)n2)CCCC1O. The first kappa shape index (κ1) is 21.7. The Bertz CT molecular complexity index is 958. The summed E-state index contributed by atoms with van der Waals surface area (Å²) in [6, 6.07) is 2.31. The van der Waals surface area contributed by atoms with Crippen molar-refractivity contribution in [1.29, 1.82) is 0 Å². The number of alkyl halides is 3. The minimum atomic E-state index is -4.56. The molecule has 0 amide bonds. The van der Waals surface area contributed by atoms with Gasteiger partial charge in [0.2, 0.25) is 11.9 Å². The predicted molar refractivity (Wildman–Crippen MR) is 108 cm³/mol. The van der Waals surface area contributed by atoms with E-state index in [0.29, 0.717) is 24.2 Å². The Morgan fingerprint density at radius 2 is 1.97 bits per heavy atom. The molecule has 1 aliphatic rings. The molecule has 2 aromatic heterocycles. The zero-order chi connectivity index (χ0) is 21.9. The maximum Gasteiger partial charge on any atom is 0.433 e. The molecule has 2 aromatic rings. The van der Waals surface area contributed by atoms with Gasteiger partial charge in [-0.25, -0.2) is 0 Å². The van der Waals surface area contributed by atoms with Crippen LogP contribution < -0.4 is 10.6 Å². The zero-order valence-electron chi connectivity index (χ0n) is 16.7. The normalized spacial score (nSPS) is 17.2. The summed E-state index contributed by atoms with van der Waals surface area (Å²) in [6.45, 7) is 7.59. The van der Waals surface area contributed by atoms with Gasteiger partial charge in [0.05, 0.1) is 6.10 Å². The Morgan fingerprint density at radius 3 is 2.63 bits per heavy atom. The number of halogens is 3. The van der Waals surface area contributed by atoms with Crippen LogP contribution in [0.3, 0.4) is 0 Å². The molecular formula is C20H23F3N6O. The second kappa shape index (κ2) is 8.78. The molecule has 0 saturated heterocycles. The molecule has 0 aromatic carbocycles. The quantitative estimate of drug-likeness (QED) is 0.640. The van der Waals surface area contributed by atoms with Gasteiger partial charge in [-0.05, 0) is 50.8 Å². The van der Waals surface area contributed by atoms with E-state index in [9.17, 15) is 18.3 Å². The fourth-order valence-electron chi connectivity index (χ4n) is 3.16. The van der Waals surface area contributed by atoms with Gasteiger partial charge in [0.15, 0.2) is 5.82 Å². The zero-order valence-corrected chi connectivity index (χ0v) is 16.7. The number of aliphatic hydroxyl groups is 1. The molecule has 0 saturated carbocycles. The lowest BCUT2D eigenvalue weighted by Gasteiger charge is -2.23. The van der Waals surface area contributed by atoms with Crippen LogP contribution in [0.15, 0.2) is 36.6 Å². The number of hydrogen-bond acceptors (Lipinski definition) is 7. The van der Waals surface area contributed by atoms with Crippen LogP contribution >= 0.6 is 0 Å². The fourth-order valence-corrected chi connectivity index (χ4v) is 3.16. The van der Waals surface area contributed by atoms with E-state index in [1.54, 1.807) is 6.08 Å². The molecule has 1 aliphatic carbocycles. The van der Waals surface area contributed by atoms with Crippen molar-refractivity contribution < 1.29 is 18.3 Å². The standard InChI is InChI=1S/C20H23F3N6O/c1-4-13-14(6-5-7-15(13)30)17-27-18(25-11(2)3)29-19(28-17)26-12-8-9-24-16(10-12)20(21,22)23/h4,8-11,15,30H,1,5-7H2,2-3H3,(H2,24,25,26,27,28,29). The Labute approximate surface area is 172 Å². The average Bonchev–Trinajstić information content (AvgIpc) is 2.66. The molecule has 3 rings (SSSR count). The van der Waals surface area contributed by atoms with E-state index in [2.05, 4.69) is 37.1 Å². The summed E-state index contributed by atoms with van der Waals surface area (Å²) in [5, 5.41) is 16.2. The van der Waals surface area contributed by atoms with Gasteiger partial charge in [0.25, 0.3) is 0 Å². The Balaban J connectivity index is 2.03. The number of nitrogens with one attached hydrogen (secondary N) is 2. The van der Waals surface area contributed by atoms with Crippen LogP contribution in [0, 0.1) is 0 Å². The van der Waals surface area contributed by atoms with Crippen molar-refractivity contribution in [3.05, 3.63) is 48.1 Å². The molecule has 3 N–H and O–H groups in total. The molecule has 160 valence electrons. The van der Waals surface area contributed by atoms with Crippen molar-refractivity contribution in [2.24, 2.45) is 0 Å². The lowest BCUT2D eigenvalue weighted by atomic mass is 9.89. The monoisotopic (exact) mass is 420 g/mol. The lowest BCUT2D eigenvalue weighted by molar-refractivity contribution is -0.141. The van der Waals surface area contributed by atoms with Gasteiger partial charge in [0.1, 0.15) is 5.69 Å². The number of aromatic nitrogens is 4. The van der Waals surface area contributed by atoms with Gasteiger partial charge in [-0.15, -0.1) is 0 Å². The Hall–Kier alpha value is -3.01. The van der Waals surface area contributed by atoms with Crippen LogP contribution in [0.5, 0.6) is 0 Å². The summed E-state index contributed by atoms with van der Waals surface area (Å²) in [4.78, 5) is 16.5. The largest absolute Gasteiger partial charge is 0.433 e. The molecule has 10 heteroatoms. The van der Waals surface area contributed by atoms with Gasteiger partial charge >= 0.3 is 6.18 Å². The van der Waals surface area contributed by atoms with Crippen LogP contribution in [-0.2, 0) is 6.18 Å². The van der Waals surface area contributed by atoms with Crippen molar-refractivity contribution in [1.82, 2.24) is 19.9 Å². The summed E-state index contributed by atoms with van der Waals surface area (Å²) in [6.07, 6.45) is -0.537. The van der Waals surface area contributed by atoms with E-state index >= 15 is 0 Å². The molecule has 0 radical (unpaired) electrons. The highest BCUT2D eigenvalue weighted by Crippen LogP contribution is 2.33. The van der Waals surface area contributed by atoms with Gasteiger partial charge in [-0.2, -0.15) is 28.1 Å². The summed E-state index contributed by atoms with van der Waals surface area (Å²) in [5.74, 6) is 0.700. The molecular weight excluding hydrogens is 397 g/mol. The van der Waals surface area contributed by atoms with Gasteiger partial charge in [0, 0.05) is 23.5 Å². The number of nitrogens with zero attached hydrogens (tertiary/aromatic N) is 4. The van der Waals surface area contributed by atoms with E-state index in [1.807, 2.05) is 13.8 Å². The van der Waals surface area contributed by atoms with Crippen LogP contribution in [0.25, 0.3) is 5.57 Å². The smallest absolute Gasteiger partial charge is 0.388 e. The van der Waals surface area contributed by atoms with Crippen LogP contribution in [0.1, 0.15) is 44.6 Å². The van der Waals surface area contributed by atoms with E-state index in [-0.39, 0.29) is 23.6 Å². The van der Waals surface area contributed by atoms with Crippen LogP contribution in [0.4, 0.5) is 30.8 Å². The number of pyridine rings is 1. The highest BCUT2D eigenvalue weighted by atomic mass is 19.4.